The van der Waals surface area contributed by atoms with Gasteiger partial charge in [0.2, 0.25) is 0 Å². The summed E-state index contributed by atoms with van der Waals surface area (Å²) >= 11 is 0. The zero-order valence-electron chi connectivity index (χ0n) is 14.2. The summed E-state index contributed by atoms with van der Waals surface area (Å²) in [5.41, 5.74) is 4.34. The van der Waals surface area contributed by atoms with Gasteiger partial charge < -0.3 is 15.3 Å². The first-order chi connectivity index (χ1) is 13.1. The van der Waals surface area contributed by atoms with Crippen molar-refractivity contribution in [2.45, 2.75) is 0 Å². The Kier molecular flexibility index (Phi) is 4.18. The Bertz CT molecular complexity index is 1020. The van der Waals surface area contributed by atoms with E-state index in [1.165, 1.54) is 12.1 Å². The molecule has 0 spiro atoms. The first-order valence-electron chi connectivity index (χ1n) is 8.36. The van der Waals surface area contributed by atoms with Crippen molar-refractivity contribution in [3.63, 3.8) is 0 Å². The molecule has 0 aliphatic heterocycles. The highest BCUT2D eigenvalue weighted by molar-refractivity contribution is 5.77. The lowest BCUT2D eigenvalue weighted by Crippen LogP contribution is -1.92. The number of rotatable bonds is 3. The van der Waals surface area contributed by atoms with E-state index in [4.69, 9.17) is 0 Å². The van der Waals surface area contributed by atoms with E-state index in [-0.39, 0.29) is 0 Å². The van der Waals surface area contributed by atoms with Gasteiger partial charge in [0, 0.05) is 11.8 Å². The quantitative estimate of drug-likeness (QED) is 0.467. The van der Waals surface area contributed by atoms with Crippen molar-refractivity contribution in [2.24, 2.45) is 0 Å². The maximum absolute atomic E-state index is 9.86. The molecule has 27 heavy (non-hydrogen) atoms. The van der Waals surface area contributed by atoms with Crippen LogP contribution in [0.5, 0.6) is 17.2 Å². The van der Waals surface area contributed by atoms with E-state index in [0.29, 0.717) is 22.6 Å². The van der Waals surface area contributed by atoms with Gasteiger partial charge >= 0.3 is 0 Å². The van der Waals surface area contributed by atoms with Crippen LogP contribution in [0.1, 0.15) is 0 Å². The molecule has 5 nitrogen and oxygen atoms in total. The second-order valence-corrected chi connectivity index (χ2v) is 6.07. The third-order valence-corrected chi connectivity index (χ3v) is 4.23. The summed E-state index contributed by atoms with van der Waals surface area (Å²) in [4.78, 5) is 9.01. The number of phenols is 3. The number of hydrogen-bond acceptors (Lipinski definition) is 5. The monoisotopic (exact) mass is 356 g/mol. The van der Waals surface area contributed by atoms with Crippen molar-refractivity contribution in [2.75, 3.05) is 0 Å². The lowest BCUT2D eigenvalue weighted by atomic mass is 10.0. The number of phenolic OH excluding ortho intramolecular Hbond substituents is 3. The summed E-state index contributed by atoms with van der Waals surface area (Å²) in [6, 6.07) is 22.0. The first-order valence-corrected chi connectivity index (χ1v) is 8.36. The summed E-state index contributed by atoms with van der Waals surface area (Å²) in [6.07, 6.45) is 1.70. The van der Waals surface area contributed by atoms with Crippen LogP contribution in [0.2, 0.25) is 0 Å². The van der Waals surface area contributed by atoms with Crippen LogP contribution in [-0.4, -0.2) is 25.3 Å². The van der Waals surface area contributed by atoms with Crippen molar-refractivity contribution < 1.29 is 15.3 Å². The number of aromatic nitrogens is 2. The summed E-state index contributed by atoms with van der Waals surface area (Å²) in [7, 11) is 0. The van der Waals surface area contributed by atoms with Gasteiger partial charge in [-0.25, -0.2) is 4.98 Å². The van der Waals surface area contributed by atoms with Gasteiger partial charge in [-0.05, 0) is 47.5 Å². The Morgan fingerprint density at radius 1 is 0.556 bits per heavy atom. The van der Waals surface area contributed by atoms with Gasteiger partial charge in [0.1, 0.15) is 0 Å². The molecule has 0 atom stereocenters. The molecule has 2 heterocycles. The predicted octanol–water partition coefficient (Wildman–Crippen LogP) is 4.59. The molecule has 0 fully saturated rings. The fourth-order valence-corrected chi connectivity index (χ4v) is 2.87. The molecule has 0 saturated heterocycles. The van der Waals surface area contributed by atoms with Crippen LogP contribution in [0.15, 0.2) is 79.0 Å². The van der Waals surface area contributed by atoms with Crippen molar-refractivity contribution >= 4 is 0 Å². The van der Waals surface area contributed by atoms with Crippen LogP contribution in [0, 0.1) is 0 Å². The molecule has 132 valence electrons. The van der Waals surface area contributed by atoms with E-state index in [1.807, 2.05) is 60.7 Å². The first kappa shape index (κ1) is 16.6. The molecular weight excluding hydrogens is 340 g/mol. The third kappa shape index (κ3) is 3.30. The molecule has 0 saturated carbocycles. The van der Waals surface area contributed by atoms with Crippen LogP contribution in [0.4, 0.5) is 0 Å². The number of hydrogen-bond donors (Lipinski definition) is 3. The lowest BCUT2D eigenvalue weighted by Gasteiger charge is -2.11. The topological polar surface area (TPSA) is 86.5 Å². The van der Waals surface area contributed by atoms with E-state index in [9.17, 15) is 15.3 Å². The van der Waals surface area contributed by atoms with Gasteiger partial charge in [0.25, 0.3) is 0 Å². The number of aromatic hydroxyl groups is 3. The van der Waals surface area contributed by atoms with Gasteiger partial charge in [0.15, 0.2) is 17.2 Å². The summed E-state index contributed by atoms with van der Waals surface area (Å²) < 4.78 is 0. The minimum Gasteiger partial charge on any atom is -0.504 e. The van der Waals surface area contributed by atoms with Gasteiger partial charge in [-0.2, -0.15) is 0 Å². The fourth-order valence-electron chi connectivity index (χ4n) is 2.87. The maximum atomic E-state index is 9.86. The Morgan fingerprint density at radius 2 is 1.22 bits per heavy atom. The highest BCUT2D eigenvalue weighted by Gasteiger charge is 2.13. The molecule has 0 aliphatic rings. The van der Waals surface area contributed by atoms with Crippen LogP contribution >= 0.6 is 0 Å². The SMILES string of the molecule is Oc1cc(-c2cc(-c3ccccc3)cc(-c3ccccn3)n2)cc(O)c1O. The second-order valence-electron chi connectivity index (χ2n) is 6.07. The summed E-state index contributed by atoms with van der Waals surface area (Å²) in [6.45, 7) is 0. The molecule has 5 heteroatoms. The second kappa shape index (κ2) is 6.80. The van der Waals surface area contributed by atoms with Gasteiger partial charge in [-0.1, -0.05) is 36.4 Å². The molecule has 0 bridgehead atoms. The van der Waals surface area contributed by atoms with E-state index in [1.54, 1.807) is 6.20 Å². The molecule has 4 rings (SSSR count). The smallest absolute Gasteiger partial charge is 0.200 e. The molecule has 4 aromatic rings. The largest absolute Gasteiger partial charge is 0.504 e. The standard InChI is InChI=1S/C22H16N2O3/c25-20-12-16(13-21(26)22(20)27)18-10-15(14-6-2-1-3-7-14)11-19(24-18)17-8-4-5-9-23-17/h1-13,25-27H. The van der Waals surface area contributed by atoms with E-state index < -0.39 is 17.2 Å². The Morgan fingerprint density at radius 3 is 1.89 bits per heavy atom. The fraction of sp³-hybridized carbons (Fsp3) is 0. The number of nitrogens with zero attached hydrogens (tertiary/aromatic N) is 2. The molecule has 2 aromatic heterocycles. The lowest BCUT2D eigenvalue weighted by molar-refractivity contribution is 0.368. The number of pyridine rings is 2. The molecule has 3 N–H and O–H groups in total. The van der Waals surface area contributed by atoms with Crippen molar-refractivity contribution in [1.29, 1.82) is 0 Å². The van der Waals surface area contributed by atoms with Gasteiger partial charge in [0.05, 0.1) is 17.1 Å². The predicted molar refractivity (Wildman–Crippen MR) is 103 cm³/mol. The maximum Gasteiger partial charge on any atom is 0.200 e. The highest BCUT2D eigenvalue weighted by Crippen LogP contribution is 2.39. The van der Waals surface area contributed by atoms with Gasteiger partial charge in [-0.15, -0.1) is 0 Å². The van der Waals surface area contributed by atoms with Crippen molar-refractivity contribution in [1.82, 2.24) is 9.97 Å². The zero-order valence-corrected chi connectivity index (χ0v) is 14.2. The van der Waals surface area contributed by atoms with Crippen LogP contribution < -0.4 is 0 Å². The molecule has 0 aliphatic carbocycles. The van der Waals surface area contributed by atoms with E-state index in [2.05, 4.69) is 9.97 Å². The molecule has 0 unspecified atom stereocenters. The van der Waals surface area contributed by atoms with E-state index >= 15 is 0 Å². The Balaban J connectivity index is 1.94. The summed E-state index contributed by atoms with van der Waals surface area (Å²) in [5, 5.41) is 29.3. The molecule has 0 radical (unpaired) electrons. The normalized spacial score (nSPS) is 10.7. The minimum atomic E-state index is -0.553. The highest BCUT2D eigenvalue weighted by atomic mass is 16.3. The van der Waals surface area contributed by atoms with E-state index in [0.717, 1.165) is 11.1 Å². The third-order valence-electron chi connectivity index (χ3n) is 4.23. The van der Waals surface area contributed by atoms with Crippen LogP contribution in [0.25, 0.3) is 33.8 Å². The van der Waals surface area contributed by atoms with Crippen molar-refractivity contribution in [3.8, 4) is 51.0 Å². The Hall–Kier alpha value is -3.86. The average Bonchev–Trinajstić information content (AvgIpc) is 2.72. The minimum absolute atomic E-state index is 0.406. The molecular formula is C22H16N2O3. The van der Waals surface area contributed by atoms with Crippen LogP contribution in [-0.2, 0) is 0 Å². The number of benzene rings is 2. The average molecular weight is 356 g/mol. The van der Waals surface area contributed by atoms with Crippen molar-refractivity contribution in [3.05, 3.63) is 79.0 Å². The zero-order chi connectivity index (χ0) is 18.8. The molecule has 2 aromatic carbocycles. The van der Waals surface area contributed by atoms with Crippen LogP contribution in [0.3, 0.4) is 0 Å². The summed E-state index contributed by atoms with van der Waals surface area (Å²) in [5.74, 6) is -1.37. The molecule has 0 amide bonds. The van der Waals surface area contributed by atoms with Gasteiger partial charge in [-0.3, -0.25) is 4.98 Å². The Labute approximate surface area is 155 Å².